The number of carbonyl (C=O) groups excluding carboxylic acids is 1. The quantitative estimate of drug-likeness (QED) is 0.714. The average Bonchev–Trinajstić information content (AvgIpc) is 2.92. The van der Waals surface area contributed by atoms with Gasteiger partial charge in [-0.25, -0.2) is 4.68 Å². The molecule has 0 atom stereocenters. The van der Waals surface area contributed by atoms with Crippen molar-refractivity contribution in [2.45, 2.75) is 6.54 Å². The minimum absolute atomic E-state index is 0.0615. The zero-order valence-corrected chi connectivity index (χ0v) is 12.0. The molecule has 3 aromatic rings. The van der Waals surface area contributed by atoms with Crippen molar-refractivity contribution >= 4 is 28.3 Å². The van der Waals surface area contributed by atoms with E-state index in [2.05, 4.69) is 15.6 Å². The summed E-state index contributed by atoms with van der Waals surface area (Å²) in [5.74, 6) is 0.408. The van der Waals surface area contributed by atoms with Crippen LogP contribution in [0.4, 0.5) is 11.4 Å². The van der Waals surface area contributed by atoms with E-state index in [1.165, 1.54) is 0 Å². The number of carbonyl (C=O) groups is 1. The second-order valence-electron chi connectivity index (χ2n) is 4.74. The number of para-hydroxylation sites is 1. The van der Waals surface area contributed by atoms with E-state index in [-0.39, 0.29) is 12.5 Å². The standard InChI is InChI=1S/C15H15N5O2/c1-22-10-6-7-12(11(16)8-10)17-15(21)9-20-14-5-3-2-4-13(14)18-19-20/h2-8H,9,16H2,1H3,(H,17,21). The molecule has 0 bridgehead atoms. The van der Waals surface area contributed by atoms with E-state index >= 15 is 0 Å². The fourth-order valence-corrected chi connectivity index (χ4v) is 2.14. The maximum absolute atomic E-state index is 12.1. The number of rotatable bonds is 4. The molecule has 0 saturated heterocycles. The number of benzene rings is 2. The third-order valence-corrected chi connectivity index (χ3v) is 3.25. The van der Waals surface area contributed by atoms with Crippen LogP contribution < -0.4 is 15.8 Å². The van der Waals surface area contributed by atoms with E-state index in [1.807, 2.05) is 24.3 Å². The first kappa shape index (κ1) is 13.9. The van der Waals surface area contributed by atoms with Gasteiger partial charge < -0.3 is 15.8 Å². The summed E-state index contributed by atoms with van der Waals surface area (Å²) >= 11 is 0. The van der Waals surface area contributed by atoms with Crippen LogP contribution in [0.1, 0.15) is 0 Å². The van der Waals surface area contributed by atoms with E-state index in [9.17, 15) is 4.79 Å². The minimum Gasteiger partial charge on any atom is -0.497 e. The van der Waals surface area contributed by atoms with E-state index in [0.29, 0.717) is 17.1 Å². The number of hydrogen-bond donors (Lipinski definition) is 2. The molecule has 1 aromatic heterocycles. The van der Waals surface area contributed by atoms with Crippen LogP contribution >= 0.6 is 0 Å². The lowest BCUT2D eigenvalue weighted by atomic mass is 10.2. The van der Waals surface area contributed by atoms with Gasteiger partial charge in [0.05, 0.1) is 24.0 Å². The van der Waals surface area contributed by atoms with Gasteiger partial charge in [0, 0.05) is 6.07 Å². The van der Waals surface area contributed by atoms with E-state index in [4.69, 9.17) is 10.5 Å². The summed E-state index contributed by atoms with van der Waals surface area (Å²) in [5, 5.41) is 10.7. The predicted molar refractivity (Wildman–Crippen MR) is 83.6 cm³/mol. The summed E-state index contributed by atoms with van der Waals surface area (Å²) in [4.78, 5) is 12.1. The Labute approximate surface area is 126 Å². The Kier molecular flexibility index (Phi) is 3.61. The number of nitrogen functional groups attached to an aromatic ring is 1. The van der Waals surface area contributed by atoms with Crippen LogP contribution in [0.15, 0.2) is 42.5 Å². The Morgan fingerprint density at radius 1 is 1.32 bits per heavy atom. The summed E-state index contributed by atoms with van der Waals surface area (Å²) in [6.45, 7) is 0.0615. The molecule has 0 aliphatic carbocycles. The number of ether oxygens (including phenoxy) is 1. The number of aromatic nitrogens is 3. The van der Waals surface area contributed by atoms with Gasteiger partial charge >= 0.3 is 0 Å². The van der Waals surface area contributed by atoms with Gasteiger partial charge in [-0.2, -0.15) is 0 Å². The summed E-state index contributed by atoms with van der Waals surface area (Å²) in [6, 6.07) is 12.5. The van der Waals surface area contributed by atoms with Gasteiger partial charge in [-0.05, 0) is 24.3 Å². The Morgan fingerprint density at radius 2 is 2.14 bits per heavy atom. The van der Waals surface area contributed by atoms with Crippen molar-refractivity contribution in [2.75, 3.05) is 18.2 Å². The van der Waals surface area contributed by atoms with Gasteiger partial charge in [0.15, 0.2) is 0 Å². The zero-order valence-electron chi connectivity index (χ0n) is 12.0. The Balaban J connectivity index is 1.75. The second kappa shape index (κ2) is 5.72. The first-order chi connectivity index (χ1) is 10.7. The topological polar surface area (TPSA) is 95.1 Å². The lowest BCUT2D eigenvalue weighted by Gasteiger charge is -2.09. The van der Waals surface area contributed by atoms with Crippen LogP contribution in [0, 0.1) is 0 Å². The van der Waals surface area contributed by atoms with Gasteiger partial charge in [0.25, 0.3) is 0 Å². The van der Waals surface area contributed by atoms with Crippen LogP contribution in [0.5, 0.6) is 5.75 Å². The number of nitrogens with zero attached hydrogens (tertiary/aromatic N) is 3. The summed E-state index contributed by atoms with van der Waals surface area (Å²) < 4.78 is 6.62. The molecular formula is C15H15N5O2. The molecule has 0 fully saturated rings. The number of nitrogens with one attached hydrogen (secondary N) is 1. The van der Waals surface area contributed by atoms with Gasteiger partial charge in [-0.1, -0.05) is 17.3 Å². The molecule has 2 aromatic carbocycles. The third-order valence-electron chi connectivity index (χ3n) is 3.25. The maximum Gasteiger partial charge on any atom is 0.246 e. The molecular weight excluding hydrogens is 282 g/mol. The van der Waals surface area contributed by atoms with Crippen LogP contribution in [0.25, 0.3) is 11.0 Å². The molecule has 0 unspecified atom stereocenters. The SMILES string of the molecule is COc1ccc(NC(=O)Cn2nnc3ccccc32)c(N)c1. The fourth-order valence-electron chi connectivity index (χ4n) is 2.14. The fraction of sp³-hybridized carbons (Fsp3) is 0.133. The highest BCUT2D eigenvalue weighted by molar-refractivity contribution is 5.94. The molecule has 1 heterocycles. The number of anilines is 2. The molecule has 3 rings (SSSR count). The number of amides is 1. The van der Waals surface area contributed by atoms with Crippen molar-refractivity contribution in [3.63, 3.8) is 0 Å². The van der Waals surface area contributed by atoms with Crippen molar-refractivity contribution in [2.24, 2.45) is 0 Å². The van der Waals surface area contributed by atoms with Crippen molar-refractivity contribution in [3.8, 4) is 5.75 Å². The largest absolute Gasteiger partial charge is 0.497 e. The number of nitrogens with two attached hydrogens (primary N) is 1. The Morgan fingerprint density at radius 3 is 2.91 bits per heavy atom. The molecule has 0 saturated carbocycles. The molecule has 1 amide bonds. The summed E-state index contributed by atoms with van der Waals surface area (Å²) in [5.41, 5.74) is 8.41. The van der Waals surface area contributed by atoms with Crippen molar-refractivity contribution in [1.29, 1.82) is 0 Å². The summed E-state index contributed by atoms with van der Waals surface area (Å²) in [7, 11) is 1.56. The van der Waals surface area contributed by atoms with Crippen LogP contribution in [0.3, 0.4) is 0 Å². The normalized spacial score (nSPS) is 10.6. The zero-order chi connectivity index (χ0) is 15.5. The molecule has 3 N–H and O–H groups in total. The van der Waals surface area contributed by atoms with E-state index in [0.717, 1.165) is 11.0 Å². The van der Waals surface area contributed by atoms with Gasteiger partial charge in [-0.3, -0.25) is 4.79 Å². The van der Waals surface area contributed by atoms with Gasteiger partial charge in [0.1, 0.15) is 17.8 Å². The molecule has 7 nitrogen and oxygen atoms in total. The molecule has 112 valence electrons. The third kappa shape index (κ3) is 2.69. The smallest absolute Gasteiger partial charge is 0.246 e. The van der Waals surface area contributed by atoms with Crippen molar-refractivity contribution in [3.05, 3.63) is 42.5 Å². The lowest BCUT2D eigenvalue weighted by molar-refractivity contribution is -0.116. The molecule has 7 heteroatoms. The molecule has 22 heavy (non-hydrogen) atoms. The van der Waals surface area contributed by atoms with E-state index < -0.39 is 0 Å². The minimum atomic E-state index is -0.229. The lowest BCUT2D eigenvalue weighted by Crippen LogP contribution is -2.20. The monoisotopic (exact) mass is 297 g/mol. The first-order valence-corrected chi connectivity index (χ1v) is 6.69. The summed E-state index contributed by atoms with van der Waals surface area (Å²) in [6.07, 6.45) is 0. The molecule has 0 aliphatic heterocycles. The highest BCUT2D eigenvalue weighted by atomic mass is 16.5. The number of hydrogen-bond acceptors (Lipinski definition) is 5. The Hall–Kier alpha value is -3.09. The number of methoxy groups -OCH3 is 1. The Bertz CT molecular complexity index is 828. The van der Waals surface area contributed by atoms with E-state index in [1.54, 1.807) is 30.0 Å². The molecule has 0 radical (unpaired) electrons. The van der Waals surface area contributed by atoms with Crippen molar-refractivity contribution in [1.82, 2.24) is 15.0 Å². The highest BCUT2D eigenvalue weighted by Crippen LogP contribution is 2.24. The van der Waals surface area contributed by atoms with Crippen LogP contribution in [-0.4, -0.2) is 28.0 Å². The second-order valence-corrected chi connectivity index (χ2v) is 4.74. The van der Waals surface area contributed by atoms with Crippen molar-refractivity contribution < 1.29 is 9.53 Å². The first-order valence-electron chi connectivity index (χ1n) is 6.69. The van der Waals surface area contributed by atoms with Gasteiger partial charge in [0.2, 0.25) is 5.91 Å². The number of fused-ring (bicyclic) bond motifs is 1. The maximum atomic E-state index is 12.1. The van der Waals surface area contributed by atoms with Gasteiger partial charge in [-0.15, -0.1) is 5.10 Å². The van der Waals surface area contributed by atoms with Crippen LogP contribution in [-0.2, 0) is 11.3 Å². The molecule has 0 spiro atoms. The van der Waals surface area contributed by atoms with Crippen LogP contribution in [0.2, 0.25) is 0 Å². The highest BCUT2D eigenvalue weighted by Gasteiger charge is 2.10. The predicted octanol–water partition coefficient (Wildman–Crippen LogP) is 1.66. The average molecular weight is 297 g/mol. The molecule has 0 aliphatic rings.